The van der Waals surface area contributed by atoms with Gasteiger partial charge in [-0.3, -0.25) is 4.79 Å². The molecule has 3 aromatic rings. The first-order valence-corrected chi connectivity index (χ1v) is 12.5. The summed E-state index contributed by atoms with van der Waals surface area (Å²) in [6.07, 6.45) is 1.07. The Morgan fingerprint density at radius 2 is 1.80 bits per heavy atom. The molecule has 0 saturated carbocycles. The molecule has 0 aliphatic rings. The van der Waals surface area contributed by atoms with Gasteiger partial charge < -0.3 is 11.1 Å². The summed E-state index contributed by atoms with van der Waals surface area (Å²) in [5.74, 6) is 0.751. The SMILES string of the molecule is CCc1cccc(C)c1NC(=O)CCSc1nc(N)c(C#N)c(-c2ccc(C(C)C)cc2)c1C#N. The van der Waals surface area contributed by atoms with Crippen molar-refractivity contribution in [3.05, 3.63) is 70.3 Å². The molecule has 3 rings (SSSR count). The Hall–Kier alpha value is -3.81. The van der Waals surface area contributed by atoms with Crippen LogP contribution in [0, 0.1) is 29.6 Å². The van der Waals surface area contributed by atoms with Crippen molar-refractivity contribution < 1.29 is 4.79 Å². The third-order valence-electron chi connectivity index (χ3n) is 5.85. The molecule has 1 amide bonds. The van der Waals surface area contributed by atoms with Crippen molar-refractivity contribution in [2.45, 2.75) is 51.5 Å². The predicted molar refractivity (Wildman–Crippen MR) is 142 cm³/mol. The fraction of sp³-hybridized carbons (Fsp3) is 0.286. The minimum Gasteiger partial charge on any atom is -0.383 e. The molecule has 0 aliphatic carbocycles. The van der Waals surface area contributed by atoms with Gasteiger partial charge in [0, 0.05) is 23.4 Å². The van der Waals surface area contributed by atoms with Crippen LogP contribution in [0.3, 0.4) is 0 Å². The number of amides is 1. The molecule has 0 unspecified atom stereocenters. The molecule has 6 nitrogen and oxygen atoms in total. The number of carbonyl (C=O) groups is 1. The van der Waals surface area contributed by atoms with Crippen LogP contribution < -0.4 is 11.1 Å². The molecule has 3 N–H and O–H groups in total. The summed E-state index contributed by atoms with van der Waals surface area (Å²) in [5.41, 5.74) is 12.0. The van der Waals surface area contributed by atoms with E-state index in [0.29, 0.717) is 27.8 Å². The lowest BCUT2D eigenvalue weighted by molar-refractivity contribution is -0.115. The van der Waals surface area contributed by atoms with Crippen molar-refractivity contribution in [2.75, 3.05) is 16.8 Å². The number of hydrogen-bond donors (Lipinski definition) is 2. The van der Waals surface area contributed by atoms with Gasteiger partial charge in [0.25, 0.3) is 0 Å². The Morgan fingerprint density at radius 1 is 1.11 bits per heavy atom. The zero-order valence-corrected chi connectivity index (χ0v) is 21.3. The standard InChI is InChI=1S/C28H29N5OS/c1-5-19-8-6-7-18(4)26(19)32-24(34)13-14-35-28-23(16-30)25(22(15-29)27(31)33-28)21-11-9-20(10-12-21)17(2)3/h6-12,17H,5,13-14H2,1-4H3,(H2,31,33)(H,32,34). The van der Waals surface area contributed by atoms with E-state index in [1.807, 2.05) is 49.4 Å². The van der Waals surface area contributed by atoms with Crippen LogP contribution in [-0.2, 0) is 11.2 Å². The molecule has 0 atom stereocenters. The first-order valence-electron chi connectivity index (χ1n) is 11.6. The highest BCUT2D eigenvalue weighted by molar-refractivity contribution is 7.99. The molecule has 0 radical (unpaired) electrons. The second kappa shape index (κ2) is 11.6. The van der Waals surface area contributed by atoms with Crippen molar-refractivity contribution in [3.8, 4) is 23.3 Å². The molecule has 1 aromatic heterocycles. The van der Waals surface area contributed by atoms with Gasteiger partial charge in [0.15, 0.2) is 0 Å². The van der Waals surface area contributed by atoms with Crippen molar-refractivity contribution >= 4 is 29.2 Å². The van der Waals surface area contributed by atoms with Crippen LogP contribution in [0.25, 0.3) is 11.1 Å². The molecule has 2 aromatic carbocycles. The second-order valence-corrected chi connectivity index (χ2v) is 9.62. The lowest BCUT2D eigenvalue weighted by Gasteiger charge is -2.14. The van der Waals surface area contributed by atoms with Gasteiger partial charge >= 0.3 is 0 Å². The predicted octanol–water partition coefficient (Wildman–Crippen LogP) is 6.19. The van der Waals surface area contributed by atoms with Crippen molar-refractivity contribution in [1.29, 1.82) is 10.5 Å². The van der Waals surface area contributed by atoms with Gasteiger partial charge in [-0.2, -0.15) is 10.5 Å². The van der Waals surface area contributed by atoms with Gasteiger partial charge in [-0.05, 0) is 41.5 Å². The minimum atomic E-state index is -0.105. The lowest BCUT2D eigenvalue weighted by Crippen LogP contribution is -2.14. The zero-order chi connectivity index (χ0) is 25.5. The molecule has 178 valence electrons. The third kappa shape index (κ3) is 5.82. The average Bonchev–Trinajstić information content (AvgIpc) is 2.85. The largest absolute Gasteiger partial charge is 0.383 e. The molecule has 0 fully saturated rings. The number of nitrogens with one attached hydrogen (secondary N) is 1. The summed E-state index contributed by atoms with van der Waals surface area (Å²) in [7, 11) is 0. The number of nitrogens with two attached hydrogens (primary N) is 1. The molecule has 35 heavy (non-hydrogen) atoms. The Morgan fingerprint density at radius 3 is 2.40 bits per heavy atom. The van der Waals surface area contributed by atoms with Gasteiger partial charge in [-0.15, -0.1) is 11.8 Å². The number of thioether (sulfide) groups is 1. The van der Waals surface area contributed by atoms with Crippen LogP contribution in [-0.4, -0.2) is 16.6 Å². The maximum Gasteiger partial charge on any atom is 0.225 e. The highest BCUT2D eigenvalue weighted by atomic mass is 32.2. The number of para-hydroxylation sites is 1. The van der Waals surface area contributed by atoms with E-state index in [0.717, 1.165) is 34.4 Å². The van der Waals surface area contributed by atoms with E-state index < -0.39 is 0 Å². The summed E-state index contributed by atoms with van der Waals surface area (Å²) in [6.45, 7) is 8.24. The van der Waals surface area contributed by atoms with Crippen LogP contribution in [0.4, 0.5) is 11.5 Å². The van der Waals surface area contributed by atoms with Gasteiger partial charge in [-0.1, -0.05) is 63.2 Å². The Kier molecular flexibility index (Phi) is 8.52. The smallest absolute Gasteiger partial charge is 0.225 e. The number of rotatable bonds is 8. The van der Waals surface area contributed by atoms with Crippen LogP contribution in [0.5, 0.6) is 0 Å². The molecule has 0 bridgehead atoms. The van der Waals surface area contributed by atoms with E-state index in [-0.39, 0.29) is 23.7 Å². The monoisotopic (exact) mass is 483 g/mol. The average molecular weight is 484 g/mol. The van der Waals surface area contributed by atoms with Crippen molar-refractivity contribution in [3.63, 3.8) is 0 Å². The molecule has 0 spiro atoms. The summed E-state index contributed by atoms with van der Waals surface area (Å²) in [4.78, 5) is 17.0. The topological polar surface area (TPSA) is 116 Å². The molecular weight excluding hydrogens is 454 g/mol. The van der Waals surface area contributed by atoms with E-state index in [1.54, 1.807) is 0 Å². The van der Waals surface area contributed by atoms with E-state index in [1.165, 1.54) is 11.8 Å². The van der Waals surface area contributed by atoms with Gasteiger partial charge in [0.05, 0.1) is 5.56 Å². The van der Waals surface area contributed by atoms with Crippen LogP contribution >= 0.6 is 11.8 Å². The maximum absolute atomic E-state index is 12.6. The number of nitrogen functional groups attached to an aromatic ring is 1. The Balaban J connectivity index is 1.84. The highest BCUT2D eigenvalue weighted by Gasteiger charge is 2.21. The van der Waals surface area contributed by atoms with Crippen LogP contribution in [0.2, 0.25) is 0 Å². The zero-order valence-electron chi connectivity index (χ0n) is 20.5. The molecular formula is C28H29N5OS. The molecule has 7 heteroatoms. The highest BCUT2D eigenvalue weighted by Crippen LogP contribution is 2.36. The number of nitriles is 2. The number of aryl methyl sites for hydroxylation is 2. The number of hydrogen-bond acceptors (Lipinski definition) is 6. The molecule has 0 aliphatic heterocycles. The summed E-state index contributed by atoms with van der Waals surface area (Å²) in [6, 6.07) is 18.1. The third-order valence-corrected chi connectivity index (χ3v) is 6.83. The van der Waals surface area contributed by atoms with E-state index >= 15 is 0 Å². The number of aromatic nitrogens is 1. The first kappa shape index (κ1) is 25.8. The minimum absolute atomic E-state index is 0.0777. The Bertz CT molecular complexity index is 1320. The number of carbonyl (C=O) groups excluding carboxylic acids is 1. The van der Waals surface area contributed by atoms with Gasteiger partial charge in [0.2, 0.25) is 5.91 Å². The number of pyridine rings is 1. The summed E-state index contributed by atoms with van der Waals surface area (Å²) < 4.78 is 0. The van der Waals surface area contributed by atoms with E-state index in [4.69, 9.17) is 5.73 Å². The summed E-state index contributed by atoms with van der Waals surface area (Å²) in [5, 5.41) is 23.1. The fourth-order valence-corrected chi connectivity index (χ4v) is 4.81. The fourth-order valence-electron chi connectivity index (χ4n) is 3.87. The molecule has 1 heterocycles. The van der Waals surface area contributed by atoms with Crippen molar-refractivity contribution in [2.24, 2.45) is 0 Å². The van der Waals surface area contributed by atoms with E-state index in [2.05, 4.69) is 43.2 Å². The number of nitrogens with zero attached hydrogens (tertiary/aromatic N) is 3. The van der Waals surface area contributed by atoms with E-state index in [9.17, 15) is 15.3 Å². The first-order chi connectivity index (χ1) is 16.8. The number of anilines is 2. The quantitative estimate of drug-likeness (QED) is 0.369. The van der Waals surface area contributed by atoms with Gasteiger partial charge in [-0.25, -0.2) is 4.98 Å². The lowest BCUT2D eigenvalue weighted by atomic mass is 9.94. The van der Waals surface area contributed by atoms with Gasteiger partial charge in [0.1, 0.15) is 28.5 Å². The van der Waals surface area contributed by atoms with Crippen molar-refractivity contribution in [1.82, 2.24) is 4.98 Å². The van der Waals surface area contributed by atoms with Crippen LogP contribution in [0.1, 0.15) is 60.9 Å². The second-order valence-electron chi connectivity index (χ2n) is 8.54. The normalized spacial score (nSPS) is 10.6. The summed E-state index contributed by atoms with van der Waals surface area (Å²) >= 11 is 1.29. The Labute approximate surface area is 211 Å². The maximum atomic E-state index is 12.6. The van der Waals surface area contributed by atoms with Crippen LogP contribution in [0.15, 0.2) is 47.5 Å². The molecule has 0 saturated heterocycles. The number of benzene rings is 2.